The summed E-state index contributed by atoms with van der Waals surface area (Å²) in [7, 11) is 0.778. The molecule has 0 saturated carbocycles. The molecule has 5 heteroatoms. The average molecular weight is 190 g/mol. The van der Waals surface area contributed by atoms with Gasteiger partial charge < -0.3 is 0 Å². The van der Waals surface area contributed by atoms with Gasteiger partial charge in [0.1, 0.15) is 0 Å². The summed E-state index contributed by atoms with van der Waals surface area (Å²) >= 11 is 0. The minimum absolute atomic E-state index is 0.254. The van der Waals surface area contributed by atoms with Crippen molar-refractivity contribution >= 4 is 19.3 Å². The zero-order chi connectivity index (χ0) is 10.2. The van der Waals surface area contributed by atoms with Crippen molar-refractivity contribution in [3.63, 3.8) is 0 Å². The topological polar surface area (TPSA) is 59.1 Å². The summed E-state index contributed by atoms with van der Waals surface area (Å²) in [5, 5.41) is 2.84. The predicted molar refractivity (Wildman–Crippen MR) is 53.6 cm³/mol. The van der Waals surface area contributed by atoms with Crippen LogP contribution in [0.15, 0.2) is 18.3 Å². The number of rotatable bonds is 6. The van der Waals surface area contributed by atoms with E-state index in [1.165, 1.54) is 0 Å². The van der Waals surface area contributed by atoms with Gasteiger partial charge in [0.25, 0.3) is 0 Å². The van der Waals surface area contributed by atoms with Gasteiger partial charge in [0.05, 0.1) is 0 Å². The molecule has 0 spiro atoms. The van der Waals surface area contributed by atoms with Gasteiger partial charge in [-0.15, -0.1) is 0 Å². The second-order valence-corrected chi connectivity index (χ2v) is 2.80. The summed E-state index contributed by atoms with van der Waals surface area (Å²) in [5.74, 6) is 0.667. The maximum absolute atomic E-state index is 10.2. The van der Waals surface area contributed by atoms with Crippen molar-refractivity contribution in [1.29, 1.82) is 0 Å². The van der Waals surface area contributed by atoms with Gasteiger partial charge >= 0.3 is 82.2 Å². The number of carbonyl (C=O) groups excluding carboxylic acids is 1. The monoisotopic (exact) mass is 190 g/mol. The first kappa shape index (κ1) is 10.6. The molecule has 0 aliphatic carbocycles. The standard InChI is InChI=1S/C9H11BN2O2/c13-5-1-2-8-3-4-11-9(6-8)12-7-10-14/h3-6H,1-2,7H2,(H,11,12). The van der Waals surface area contributed by atoms with Gasteiger partial charge in [-0.3, -0.25) is 0 Å². The Bertz CT molecular complexity index is 290. The molecule has 1 heterocycles. The molecule has 0 fully saturated rings. The van der Waals surface area contributed by atoms with Gasteiger partial charge in [-0.05, 0) is 0 Å². The Morgan fingerprint density at radius 2 is 2.43 bits per heavy atom. The molecule has 1 aromatic rings. The third kappa shape index (κ3) is 3.47. The third-order valence-corrected chi connectivity index (χ3v) is 1.74. The Hall–Kier alpha value is -1.52. The number of carbonyl (C=O) groups is 1. The van der Waals surface area contributed by atoms with Gasteiger partial charge in [0, 0.05) is 0 Å². The minimum atomic E-state index is 0.254. The number of anilines is 1. The molecule has 1 aromatic heterocycles. The summed E-state index contributed by atoms with van der Waals surface area (Å²) in [4.78, 5) is 14.2. The summed E-state index contributed by atoms with van der Waals surface area (Å²) < 4.78 is 10.1. The molecule has 0 radical (unpaired) electrons. The Morgan fingerprint density at radius 3 is 3.14 bits per heavy atom. The van der Waals surface area contributed by atoms with Crippen LogP contribution in [-0.2, 0) is 15.9 Å². The summed E-state index contributed by atoms with van der Waals surface area (Å²) in [6.07, 6.45) is 4.02. The first-order valence-corrected chi connectivity index (χ1v) is 4.43. The molecule has 72 valence electrons. The van der Waals surface area contributed by atoms with E-state index in [4.69, 9.17) is 0 Å². The molecule has 1 N–H and O–H groups in total. The predicted octanol–water partition coefficient (Wildman–Crippen LogP) is 0.632. The second-order valence-electron chi connectivity index (χ2n) is 2.80. The van der Waals surface area contributed by atoms with Gasteiger partial charge in [-0.2, -0.15) is 0 Å². The normalized spacial score (nSPS) is 9.14. The van der Waals surface area contributed by atoms with Crippen LogP contribution in [0, 0.1) is 0 Å². The summed E-state index contributed by atoms with van der Waals surface area (Å²) in [6.45, 7) is 0. The zero-order valence-corrected chi connectivity index (χ0v) is 7.77. The number of pyridine rings is 1. The van der Waals surface area contributed by atoms with Crippen LogP contribution in [-0.4, -0.2) is 24.9 Å². The average Bonchev–Trinajstić information content (AvgIpc) is 2.24. The van der Waals surface area contributed by atoms with E-state index < -0.39 is 0 Å². The fourth-order valence-corrected chi connectivity index (χ4v) is 1.10. The molecule has 0 atom stereocenters. The van der Waals surface area contributed by atoms with E-state index in [9.17, 15) is 9.50 Å². The van der Waals surface area contributed by atoms with Gasteiger partial charge in [0.15, 0.2) is 0 Å². The zero-order valence-electron chi connectivity index (χ0n) is 7.77. The molecule has 4 nitrogen and oxygen atoms in total. The van der Waals surface area contributed by atoms with E-state index in [1.54, 1.807) is 6.20 Å². The van der Waals surface area contributed by atoms with E-state index in [1.807, 2.05) is 12.1 Å². The summed E-state index contributed by atoms with van der Waals surface area (Å²) in [5.41, 5.74) is 1.04. The molecule has 14 heavy (non-hydrogen) atoms. The quantitative estimate of drug-likeness (QED) is 0.527. The number of nitrogens with zero attached hydrogens (tertiary/aromatic N) is 1. The number of aldehydes is 1. The van der Waals surface area contributed by atoms with Crippen LogP contribution in [0.5, 0.6) is 0 Å². The second kappa shape index (κ2) is 6.02. The van der Waals surface area contributed by atoms with E-state index in [2.05, 4.69) is 10.3 Å². The SMILES string of the molecule is O=BCNc1cc(CCC=O)ccn1. The number of aromatic nitrogens is 1. The Balaban J connectivity index is 2.58. The fraction of sp³-hybridized carbons (Fsp3) is 0.333. The van der Waals surface area contributed by atoms with Crippen LogP contribution in [0.25, 0.3) is 0 Å². The fourth-order valence-electron chi connectivity index (χ4n) is 1.10. The Labute approximate surface area is 83.0 Å². The van der Waals surface area contributed by atoms with E-state index in [-0.39, 0.29) is 6.44 Å². The molecule has 0 unspecified atom stereocenters. The molecule has 0 aromatic carbocycles. The molecule has 0 amide bonds. The van der Waals surface area contributed by atoms with Crippen LogP contribution in [0.1, 0.15) is 12.0 Å². The van der Waals surface area contributed by atoms with Crippen LogP contribution in [0.4, 0.5) is 5.82 Å². The van der Waals surface area contributed by atoms with Crippen LogP contribution < -0.4 is 5.32 Å². The molecule has 0 saturated heterocycles. The van der Waals surface area contributed by atoms with Crippen LogP contribution >= 0.6 is 0 Å². The first-order chi connectivity index (χ1) is 6.86. The van der Waals surface area contributed by atoms with Crippen molar-refractivity contribution in [3.8, 4) is 0 Å². The van der Waals surface area contributed by atoms with Crippen molar-refractivity contribution in [2.24, 2.45) is 0 Å². The van der Waals surface area contributed by atoms with Crippen molar-refractivity contribution in [3.05, 3.63) is 23.9 Å². The van der Waals surface area contributed by atoms with Crippen molar-refractivity contribution < 1.29 is 9.50 Å². The van der Waals surface area contributed by atoms with Crippen LogP contribution in [0.2, 0.25) is 0 Å². The maximum atomic E-state index is 10.2. The van der Waals surface area contributed by atoms with E-state index in [0.29, 0.717) is 18.7 Å². The number of hydrogen-bond donors (Lipinski definition) is 1. The molecule has 0 aliphatic heterocycles. The Kier molecular flexibility index (Phi) is 4.54. The van der Waals surface area contributed by atoms with Crippen molar-refractivity contribution in [2.45, 2.75) is 12.8 Å². The number of nitrogens with one attached hydrogen (secondary N) is 1. The van der Waals surface area contributed by atoms with Crippen molar-refractivity contribution in [1.82, 2.24) is 4.98 Å². The molecule has 1 rings (SSSR count). The van der Waals surface area contributed by atoms with E-state index in [0.717, 1.165) is 19.0 Å². The van der Waals surface area contributed by atoms with Crippen LogP contribution in [0.3, 0.4) is 0 Å². The van der Waals surface area contributed by atoms with Gasteiger partial charge in [-0.25, -0.2) is 0 Å². The Morgan fingerprint density at radius 1 is 1.57 bits per heavy atom. The number of hydrogen-bond acceptors (Lipinski definition) is 4. The van der Waals surface area contributed by atoms with Gasteiger partial charge in [0.2, 0.25) is 0 Å². The third-order valence-electron chi connectivity index (χ3n) is 1.74. The molecular formula is C9H11BN2O2. The van der Waals surface area contributed by atoms with Gasteiger partial charge in [-0.1, -0.05) is 0 Å². The molecule has 0 aliphatic rings. The number of aryl methyl sites for hydroxylation is 1. The summed E-state index contributed by atoms with van der Waals surface area (Å²) in [6, 6.07) is 3.70. The van der Waals surface area contributed by atoms with Crippen molar-refractivity contribution in [2.75, 3.05) is 11.8 Å². The first-order valence-electron chi connectivity index (χ1n) is 4.43. The molecular weight excluding hydrogens is 179 g/mol. The van der Waals surface area contributed by atoms with E-state index >= 15 is 0 Å². The molecule has 0 bridgehead atoms.